The molecule has 2 aliphatic rings. The third-order valence-electron chi connectivity index (χ3n) is 6.43. The Morgan fingerprint density at radius 3 is 2.44 bits per heavy atom. The lowest BCUT2D eigenvalue weighted by atomic mass is 10.1. The van der Waals surface area contributed by atoms with E-state index in [2.05, 4.69) is 4.90 Å². The van der Waals surface area contributed by atoms with Gasteiger partial charge in [0.2, 0.25) is 10.0 Å². The molecule has 2 fully saturated rings. The van der Waals surface area contributed by atoms with Crippen molar-refractivity contribution in [2.24, 2.45) is 0 Å². The minimum Gasteiger partial charge on any atom is -0.378 e. The van der Waals surface area contributed by atoms with Gasteiger partial charge in [0.25, 0.3) is 5.91 Å². The first-order chi connectivity index (χ1) is 16.4. The number of hydrogen-bond acceptors (Lipinski definition) is 5. The summed E-state index contributed by atoms with van der Waals surface area (Å²) < 4.78 is 47.4. The second-order valence-corrected chi connectivity index (χ2v) is 10.6. The third kappa shape index (κ3) is 5.42. The first-order valence-corrected chi connectivity index (χ1v) is 13.3. The Hall–Kier alpha value is -2.49. The minimum absolute atomic E-state index is 0.136. The summed E-state index contributed by atoms with van der Waals surface area (Å²) in [6.45, 7) is 5.82. The zero-order valence-electron chi connectivity index (χ0n) is 19.6. The molecule has 4 rings (SSSR count). The molecular weight excluding hydrogens is 457 g/mol. The summed E-state index contributed by atoms with van der Waals surface area (Å²) in [4.78, 5) is 17.6. The van der Waals surface area contributed by atoms with Crippen molar-refractivity contribution in [3.05, 3.63) is 59.4 Å². The number of amides is 1. The highest BCUT2D eigenvalue weighted by Gasteiger charge is 2.29. The molecule has 2 aromatic carbocycles. The Bertz CT molecular complexity index is 1110. The van der Waals surface area contributed by atoms with E-state index in [1.165, 1.54) is 22.5 Å². The molecule has 2 aliphatic heterocycles. The highest BCUT2D eigenvalue weighted by atomic mass is 32.2. The van der Waals surface area contributed by atoms with Crippen LogP contribution in [0.2, 0.25) is 0 Å². The van der Waals surface area contributed by atoms with E-state index in [1.807, 2.05) is 6.92 Å². The van der Waals surface area contributed by atoms with Gasteiger partial charge in [0.05, 0.1) is 23.7 Å². The van der Waals surface area contributed by atoms with E-state index in [-0.39, 0.29) is 23.2 Å². The van der Waals surface area contributed by atoms with Crippen LogP contribution >= 0.6 is 0 Å². The number of piperidine rings is 1. The van der Waals surface area contributed by atoms with Crippen LogP contribution in [0.15, 0.2) is 47.4 Å². The molecule has 2 aromatic rings. The second-order valence-electron chi connectivity index (χ2n) is 8.69. The van der Waals surface area contributed by atoms with Gasteiger partial charge in [-0.3, -0.25) is 4.79 Å². The SMILES string of the molecule is CCN(Cc1cccc(F)c1)C(=O)c1cc(S(=O)(=O)N2CCCCC2)ccc1N1CCOCC1. The number of halogens is 1. The monoisotopic (exact) mass is 489 g/mol. The summed E-state index contributed by atoms with van der Waals surface area (Å²) in [5.74, 6) is -0.631. The summed E-state index contributed by atoms with van der Waals surface area (Å²) in [7, 11) is -3.69. The second kappa shape index (κ2) is 10.8. The predicted molar refractivity (Wildman–Crippen MR) is 129 cm³/mol. The first-order valence-electron chi connectivity index (χ1n) is 11.9. The third-order valence-corrected chi connectivity index (χ3v) is 8.33. The number of sulfonamides is 1. The van der Waals surface area contributed by atoms with Crippen LogP contribution in [0.5, 0.6) is 0 Å². The number of rotatable bonds is 7. The van der Waals surface area contributed by atoms with E-state index in [9.17, 15) is 17.6 Å². The van der Waals surface area contributed by atoms with Crippen LogP contribution in [0.4, 0.5) is 10.1 Å². The molecule has 0 bridgehead atoms. The van der Waals surface area contributed by atoms with Gasteiger partial charge < -0.3 is 14.5 Å². The molecule has 2 saturated heterocycles. The molecule has 184 valence electrons. The number of nitrogens with zero attached hydrogens (tertiary/aromatic N) is 3. The van der Waals surface area contributed by atoms with E-state index in [1.54, 1.807) is 29.2 Å². The van der Waals surface area contributed by atoms with Crippen LogP contribution in [-0.2, 0) is 21.3 Å². The molecule has 0 unspecified atom stereocenters. The van der Waals surface area contributed by atoms with Gasteiger partial charge in [0.15, 0.2) is 0 Å². The van der Waals surface area contributed by atoms with Crippen LogP contribution in [-0.4, -0.2) is 69.5 Å². The number of anilines is 1. The number of hydrogen-bond donors (Lipinski definition) is 0. The first kappa shape index (κ1) is 24.6. The van der Waals surface area contributed by atoms with E-state index < -0.39 is 10.0 Å². The van der Waals surface area contributed by atoms with Gasteiger partial charge in [-0.15, -0.1) is 0 Å². The molecule has 0 saturated carbocycles. The summed E-state index contributed by atoms with van der Waals surface area (Å²) >= 11 is 0. The van der Waals surface area contributed by atoms with Crippen molar-refractivity contribution in [1.29, 1.82) is 0 Å². The molecule has 0 N–H and O–H groups in total. The lowest BCUT2D eigenvalue weighted by Crippen LogP contribution is -2.39. The van der Waals surface area contributed by atoms with Crippen LogP contribution in [0.3, 0.4) is 0 Å². The maximum absolute atomic E-state index is 13.7. The molecular formula is C25H32FN3O4S. The molecule has 0 aliphatic carbocycles. The number of carbonyl (C=O) groups is 1. The maximum atomic E-state index is 13.7. The number of morpholine rings is 1. The van der Waals surface area contributed by atoms with Crippen LogP contribution in [0.25, 0.3) is 0 Å². The molecule has 0 radical (unpaired) electrons. The van der Waals surface area contributed by atoms with Crippen molar-refractivity contribution in [1.82, 2.24) is 9.21 Å². The van der Waals surface area contributed by atoms with Crippen molar-refractivity contribution in [3.63, 3.8) is 0 Å². The van der Waals surface area contributed by atoms with Crippen molar-refractivity contribution < 1.29 is 22.3 Å². The lowest BCUT2D eigenvalue weighted by Gasteiger charge is -2.32. The number of benzene rings is 2. The normalized spacial score (nSPS) is 17.5. The zero-order valence-corrected chi connectivity index (χ0v) is 20.4. The Morgan fingerprint density at radius 2 is 1.76 bits per heavy atom. The van der Waals surface area contributed by atoms with Crippen LogP contribution < -0.4 is 4.90 Å². The van der Waals surface area contributed by atoms with Crippen molar-refractivity contribution >= 4 is 21.6 Å². The van der Waals surface area contributed by atoms with Gasteiger partial charge in [-0.1, -0.05) is 18.6 Å². The Labute approximate surface area is 201 Å². The summed E-state index contributed by atoms with van der Waals surface area (Å²) in [6.07, 6.45) is 2.71. The maximum Gasteiger partial charge on any atom is 0.256 e. The van der Waals surface area contributed by atoms with Gasteiger partial charge in [-0.2, -0.15) is 4.31 Å². The van der Waals surface area contributed by atoms with Crippen molar-refractivity contribution in [3.8, 4) is 0 Å². The smallest absolute Gasteiger partial charge is 0.256 e. The van der Waals surface area contributed by atoms with Gasteiger partial charge in [0.1, 0.15) is 5.82 Å². The molecule has 34 heavy (non-hydrogen) atoms. The summed E-state index contributed by atoms with van der Waals surface area (Å²) in [5, 5.41) is 0. The molecule has 9 heteroatoms. The summed E-state index contributed by atoms with van der Waals surface area (Å²) in [6, 6.07) is 11.0. The summed E-state index contributed by atoms with van der Waals surface area (Å²) in [5.41, 5.74) is 1.72. The fraction of sp³-hybridized carbons (Fsp3) is 0.480. The van der Waals surface area contributed by atoms with Gasteiger partial charge in [0, 0.05) is 45.0 Å². The Kier molecular flexibility index (Phi) is 7.85. The molecule has 0 spiro atoms. The van der Waals surface area contributed by atoms with Gasteiger partial charge in [-0.25, -0.2) is 12.8 Å². The largest absolute Gasteiger partial charge is 0.378 e. The van der Waals surface area contributed by atoms with Crippen LogP contribution in [0, 0.1) is 5.82 Å². The lowest BCUT2D eigenvalue weighted by molar-refractivity contribution is 0.0751. The van der Waals surface area contributed by atoms with Crippen molar-refractivity contribution in [2.45, 2.75) is 37.6 Å². The fourth-order valence-corrected chi connectivity index (χ4v) is 6.08. The minimum atomic E-state index is -3.69. The molecule has 2 heterocycles. The number of carbonyl (C=O) groups excluding carboxylic acids is 1. The van der Waals surface area contributed by atoms with E-state index in [0.717, 1.165) is 19.3 Å². The molecule has 0 aromatic heterocycles. The standard InChI is InChI=1S/C25H32FN3O4S/c1-2-27(19-20-7-6-8-21(26)17-20)25(30)23-18-22(34(31,32)29-11-4-3-5-12-29)9-10-24(23)28-13-15-33-16-14-28/h6-10,17-18H,2-5,11-16,19H2,1H3. The predicted octanol–water partition coefficient (Wildman–Crippen LogP) is 3.50. The van der Waals surface area contributed by atoms with Gasteiger partial charge in [-0.05, 0) is 55.7 Å². The van der Waals surface area contributed by atoms with Crippen LogP contribution in [0.1, 0.15) is 42.1 Å². The van der Waals surface area contributed by atoms with E-state index in [0.29, 0.717) is 62.8 Å². The molecule has 0 atom stereocenters. The Balaban J connectivity index is 1.70. The Morgan fingerprint density at radius 1 is 1.03 bits per heavy atom. The van der Waals surface area contributed by atoms with Crippen molar-refractivity contribution in [2.75, 3.05) is 50.8 Å². The zero-order chi connectivity index (χ0) is 24.1. The molecule has 1 amide bonds. The average Bonchev–Trinajstić information content (AvgIpc) is 2.87. The topological polar surface area (TPSA) is 70.2 Å². The average molecular weight is 490 g/mol. The van der Waals surface area contributed by atoms with E-state index in [4.69, 9.17) is 4.74 Å². The quantitative estimate of drug-likeness (QED) is 0.596. The fourth-order valence-electron chi connectivity index (χ4n) is 4.53. The number of ether oxygens (including phenoxy) is 1. The van der Waals surface area contributed by atoms with Gasteiger partial charge >= 0.3 is 0 Å². The van der Waals surface area contributed by atoms with E-state index >= 15 is 0 Å². The highest BCUT2D eigenvalue weighted by molar-refractivity contribution is 7.89. The molecule has 7 nitrogen and oxygen atoms in total. The highest BCUT2D eigenvalue weighted by Crippen LogP contribution is 2.29.